The predicted octanol–water partition coefficient (Wildman–Crippen LogP) is 1.70. The Bertz CT molecular complexity index is 988. The molecule has 8 nitrogen and oxygen atoms in total. The summed E-state index contributed by atoms with van der Waals surface area (Å²) in [7, 11) is -4.06. The zero-order chi connectivity index (χ0) is 19.6. The molecule has 0 spiro atoms. The highest BCUT2D eigenvalue weighted by Crippen LogP contribution is 2.30. The minimum Gasteiger partial charge on any atom is -0.325 e. The number of thiazole rings is 1. The molecule has 0 bridgehead atoms. The summed E-state index contributed by atoms with van der Waals surface area (Å²) < 4.78 is 41.8. The van der Waals surface area contributed by atoms with E-state index in [1.165, 1.54) is 29.5 Å². The molecule has 27 heavy (non-hydrogen) atoms. The van der Waals surface area contributed by atoms with Crippen molar-refractivity contribution < 1.29 is 17.6 Å². The summed E-state index contributed by atoms with van der Waals surface area (Å²) in [5, 5.41) is 13.8. The number of carbonyl (C=O) groups is 1. The number of halogens is 1. The minimum atomic E-state index is -4.06. The normalized spacial score (nSPS) is 22.1. The minimum absolute atomic E-state index is 0.112. The first-order valence-electron chi connectivity index (χ1n) is 7.94. The summed E-state index contributed by atoms with van der Waals surface area (Å²) >= 11 is 1.27. The van der Waals surface area contributed by atoms with Crippen molar-refractivity contribution in [3.63, 3.8) is 0 Å². The summed E-state index contributed by atoms with van der Waals surface area (Å²) in [4.78, 5) is 16.9. The van der Waals surface area contributed by atoms with Crippen LogP contribution in [0.2, 0.25) is 0 Å². The fraction of sp³-hybridized carbons (Fsp3) is 0.312. The smallest absolute Gasteiger partial charge is 0.281 e. The van der Waals surface area contributed by atoms with E-state index in [0.29, 0.717) is 16.3 Å². The SMILES string of the molecule is Cc1cc(NC(=O)C2CC(c3nccs3)NS(=O)(=O)N2CC#N)ccc1F. The van der Waals surface area contributed by atoms with Crippen LogP contribution in [-0.2, 0) is 15.0 Å². The first-order chi connectivity index (χ1) is 12.8. The van der Waals surface area contributed by atoms with Crippen molar-refractivity contribution in [2.75, 3.05) is 11.9 Å². The molecule has 2 aromatic rings. The average molecular weight is 409 g/mol. The number of aromatic nitrogens is 1. The first kappa shape index (κ1) is 19.4. The third-order valence-corrected chi connectivity index (χ3v) is 6.58. The number of benzene rings is 1. The van der Waals surface area contributed by atoms with Crippen molar-refractivity contribution in [1.29, 1.82) is 5.26 Å². The molecule has 1 aromatic carbocycles. The van der Waals surface area contributed by atoms with E-state index >= 15 is 0 Å². The molecular formula is C16H16FN5O3S2. The van der Waals surface area contributed by atoms with Crippen molar-refractivity contribution in [2.24, 2.45) is 0 Å². The van der Waals surface area contributed by atoms with E-state index < -0.39 is 40.6 Å². The van der Waals surface area contributed by atoms with Crippen molar-refractivity contribution in [3.8, 4) is 6.07 Å². The molecule has 2 N–H and O–H groups in total. The Labute approximate surface area is 159 Å². The van der Waals surface area contributed by atoms with Crippen molar-refractivity contribution in [1.82, 2.24) is 14.0 Å². The Kier molecular flexibility index (Phi) is 5.52. The fourth-order valence-electron chi connectivity index (χ4n) is 2.81. The second-order valence-electron chi connectivity index (χ2n) is 5.95. The van der Waals surface area contributed by atoms with Gasteiger partial charge < -0.3 is 5.32 Å². The Hall–Kier alpha value is -2.39. The lowest BCUT2D eigenvalue weighted by atomic mass is 10.1. The van der Waals surface area contributed by atoms with Gasteiger partial charge in [0.1, 0.15) is 23.4 Å². The van der Waals surface area contributed by atoms with E-state index in [2.05, 4.69) is 15.0 Å². The Morgan fingerprint density at radius 3 is 2.96 bits per heavy atom. The molecule has 0 aliphatic carbocycles. The maximum atomic E-state index is 13.4. The van der Waals surface area contributed by atoms with Crippen LogP contribution in [0.3, 0.4) is 0 Å². The van der Waals surface area contributed by atoms with Gasteiger partial charge in [-0.05, 0) is 37.1 Å². The highest BCUT2D eigenvalue weighted by atomic mass is 32.2. The zero-order valence-electron chi connectivity index (χ0n) is 14.2. The number of hydrogen-bond acceptors (Lipinski definition) is 6. The molecule has 1 saturated heterocycles. The summed E-state index contributed by atoms with van der Waals surface area (Å²) in [6.45, 7) is 1.08. The van der Waals surface area contributed by atoms with Gasteiger partial charge in [0.2, 0.25) is 5.91 Å². The van der Waals surface area contributed by atoms with E-state index in [1.807, 2.05) is 0 Å². The molecule has 2 unspecified atom stereocenters. The molecule has 11 heteroatoms. The van der Waals surface area contributed by atoms with Gasteiger partial charge in [0.25, 0.3) is 10.2 Å². The zero-order valence-corrected chi connectivity index (χ0v) is 15.8. The van der Waals surface area contributed by atoms with E-state index in [1.54, 1.807) is 24.6 Å². The van der Waals surface area contributed by atoms with Gasteiger partial charge >= 0.3 is 0 Å². The second-order valence-corrected chi connectivity index (χ2v) is 8.53. The van der Waals surface area contributed by atoms with Crippen LogP contribution in [0.4, 0.5) is 10.1 Å². The van der Waals surface area contributed by atoms with Crippen LogP contribution >= 0.6 is 11.3 Å². The van der Waals surface area contributed by atoms with Gasteiger partial charge in [-0.3, -0.25) is 4.79 Å². The molecule has 1 fully saturated rings. The maximum Gasteiger partial charge on any atom is 0.281 e. The number of anilines is 1. The van der Waals surface area contributed by atoms with Crippen molar-refractivity contribution in [3.05, 3.63) is 46.2 Å². The monoisotopic (exact) mass is 409 g/mol. The number of hydrogen-bond donors (Lipinski definition) is 2. The van der Waals surface area contributed by atoms with E-state index in [0.717, 1.165) is 4.31 Å². The number of nitrogens with one attached hydrogen (secondary N) is 2. The highest BCUT2D eigenvalue weighted by Gasteiger charge is 2.43. The van der Waals surface area contributed by atoms with Gasteiger partial charge in [-0.15, -0.1) is 11.3 Å². The van der Waals surface area contributed by atoms with Gasteiger partial charge in [-0.25, -0.2) is 9.37 Å². The predicted molar refractivity (Wildman–Crippen MR) is 97.4 cm³/mol. The lowest BCUT2D eigenvalue weighted by Crippen LogP contribution is -2.57. The van der Waals surface area contributed by atoms with Crippen LogP contribution in [0.25, 0.3) is 0 Å². The molecule has 0 radical (unpaired) electrons. The van der Waals surface area contributed by atoms with Crippen LogP contribution in [0, 0.1) is 24.1 Å². The number of aryl methyl sites for hydroxylation is 1. The van der Waals surface area contributed by atoms with Gasteiger partial charge in [-0.2, -0.15) is 22.7 Å². The molecule has 1 aliphatic heterocycles. The molecule has 2 heterocycles. The van der Waals surface area contributed by atoms with Gasteiger partial charge in [0.15, 0.2) is 0 Å². The summed E-state index contributed by atoms with van der Waals surface area (Å²) in [5.41, 5.74) is 0.692. The topological polar surface area (TPSA) is 115 Å². The van der Waals surface area contributed by atoms with Crippen LogP contribution in [0.1, 0.15) is 23.0 Å². The summed E-state index contributed by atoms with van der Waals surface area (Å²) in [6.07, 6.45) is 1.66. The largest absolute Gasteiger partial charge is 0.325 e. The Balaban J connectivity index is 1.89. The van der Waals surface area contributed by atoms with Crippen LogP contribution in [0.15, 0.2) is 29.8 Å². The molecule has 3 rings (SSSR count). The third kappa shape index (κ3) is 4.14. The van der Waals surface area contributed by atoms with E-state index in [-0.39, 0.29) is 6.42 Å². The fourth-order valence-corrected chi connectivity index (χ4v) is 5.04. The standard InChI is InChI=1S/C16H16FN5O3S2/c1-10-8-11(2-3-12(10)17)20-15(23)14-9-13(16-19-5-7-26-16)21-27(24,25)22(14)6-4-18/h2-3,5,7-8,13-14,21H,6,9H2,1H3,(H,20,23). The van der Waals surface area contributed by atoms with Crippen molar-refractivity contribution in [2.45, 2.75) is 25.4 Å². The molecule has 142 valence electrons. The third-order valence-electron chi connectivity index (χ3n) is 4.11. The number of nitriles is 1. The number of rotatable bonds is 4. The van der Waals surface area contributed by atoms with Gasteiger partial charge in [0.05, 0.1) is 12.1 Å². The Morgan fingerprint density at radius 2 is 2.33 bits per heavy atom. The number of nitrogens with zero attached hydrogens (tertiary/aromatic N) is 3. The molecule has 1 amide bonds. The van der Waals surface area contributed by atoms with Crippen molar-refractivity contribution >= 4 is 33.1 Å². The molecule has 2 atom stereocenters. The van der Waals surface area contributed by atoms with E-state index in [9.17, 15) is 17.6 Å². The molecule has 0 saturated carbocycles. The number of carbonyl (C=O) groups excluding carboxylic acids is 1. The van der Waals surface area contributed by atoms with E-state index in [4.69, 9.17) is 5.26 Å². The lowest BCUT2D eigenvalue weighted by Gasteiger charge is -2.36. The molecule has 1 aliphatic rings. The highest BCUT2D eigenvalue weighted by molar-refractivity contribution is 7.87. The average Bonchev–Trinajstić information content (AvgIpc) is 3.14. The number of amides is 1. The maximum absolute atomic E-state index is 13.4. The van der Waals surface area contributed by atoms with Gasteiger partial charge in [-0.1, -0.05) is 0 Å². The van der Waals surface area contributed by atoms with Gasteiger partial charge in [0, 0.05) is 17.3 Å². The summed E-state index contributed by atoms with van der Waals surface area (Å²) in [6, 6.07) is 4.06. The Morgan fingerprint density at radius 1 is 1.56 bits per heavy atom. The van der Waals surface area contributed by atoms with Crippen LogP contribution < -0.4 is 10.0 Å². The van der Waals surface area contributed by atoms with Crippen LogP contribution in [0.5, 0.6) is 0 Å². The molecule has 1 aromatic heterocycles. The molecular weight excluding hydrogens is 393 g/mol. The quantitative estimate of drug-likeness (QED) is 0.746. The second kappa shape index (κ2) is 7.69. The van der Waals surface area contributed by atoms with Crippen LogP contribution in [-0.4, -0.2) is 36.2 Å². The lowest BCUT2D eigenvalue weighted by molar-refractivity contribution is -0.120. The summed E-state index contributed by atoms with van der Waals surface area (Å²) in [5.74, 6) is -1.00. The first-order valence-corrected chi connectivity index (χ1v) is 10.3.